The van der Waals surface area contributed by atoms with Crippen LogP contribution in [-0.2, 0) is 14.8 Å². The zero-order chi connectivity index (χ0) is 15.6. The second-order valence-electron chi connectivity index (χ2n) is 5.31. The third-order valence-corrected chi connectivity index (χ3v) is 5.52. The topological polar surface area (TPSA) is 66.5 Å². The maximum Gasteiger partial charge on any atom is 0.242 e. The van der Waals surface area contributed by atoms with Crippen molar-refractivity contribution >= 4 is 27.5 Å². The Morgan fingerprint density at radius 2 is 1.95 bits per heavy atom. The van der Waals surface area contributed by atoms with Crippen molar-refractivity contribution < 1.29 is 13.2 Å². The Hall–Kier alpha value is -1.11. The molecule has 1 fully saturated rings. The molecule has 0 radical (unpaired) electrons. The summed E-state index contributed by atoms with van der Waals surface area (Å²) in [4.78, 5) is 13.8. The number of hydrogen-bond donors (Lipinski definition) is 1. The number of benzene rings is 1. The molecule has 1 saturated heterocycles. The molecule has 1 amide bonds. The molecular formula is C14H19ClN2O3S. The number of nitrogens with one attached hydrogen (secondary N) is 1. The first kappa shape index (κ1) is 16.3. The van der Waals surface area contributed by atoms with Gasteiger partial charge in [0, 0.05) is 13.1 Å². The Bertz CT molecular complexity index is 640. The minimum absolute atomic E-state index is 0.00385. The Balaban J connectivity index is 2.14. The molecule has 0 aliphatic carbocycles. The lowest BCUT2D eigenvalue weighted by molar-refractivity contribution is -0.131. The van der Waals surface area contributed by atoms with Crippen molar-refractivity contribution in [2.75, 3.05) is 13.1 Å². The number of hydrogen-bond acceptors (Lipinski definition) is 3. The van der Waals surface area contributed by atoms with E-state index in [1.54, 1.807) is 24.0 Å². The summed E-state index contributed by atoms with van der Waals surface area (Å²) in [6, 6.07) is 3.91. The first-order chi connectivity index (χ1) is 9.81. The molecule has 1 aliphatic heterocycles. The van der Waals surface area contributed by atoms with Crippen LogP contribution in [0.15, 0.2) is 23.1 Å². The second-order valence-corrected chi connectivity index (χ2v) is 7.40. The van der Waals surface area contributed by atoms with E-state index in [0.29, 0.717) is 13.1 Å². The van der Waals surface area contributed by atoms with Gasteiger partial charge < -0.3 is 4.90 Å². The zero-order valence-electron chi connectivity index (χ0n) is 12.1. The number of nitrogens with zero attached hydrogens (tertiary/aromatic N) is 1. The van der Waals surface area contributed by atoms with Crippen molar-refractivity contribution in [1.29, 1.82) is 0 Å². The summed E-state index contributed by atoms with van der Waals surface area (Å²) in [5.41, 5.74) is 0.875. The highest BCUT2D eigenvalue weighted by Crippen LogP contribution is 2.22. The SMILES string of the molecule is Cc1ccc(S(=O)(=O)NC(C)C(=O)N2CCCC2)c(Cl)c1. The van der Waals surface area contributed by atoms with Crippen LogP contribution >= 0.6 is 11.6 Å². The molecule has 0 aromatic heterocycles. The van der Waals surface area contributed by atoms with Gasteiger partial charge in [0.05, 0.1) is 11.1 Å². The average molecular weight is 331 g/mol. The van der Waals surface area contributed by atoms with Gasteiger partial charge in [-0.25, -0.2) is 8.42 Å². The second kappa shape index (κ2) is 6.34. The molecule has 0 saturated carbocycles. The summed E-state index contributed by atoms with van der Waals surface area (Å²) < 4.78 is 27.1. The summed E-state index contributed by atoms with van der Waals surface area (Å²) in [6.45, 7) is 4.77. The molecule has 116 valence electrons. The average Bonchev–Trinajstić information content (AvgIpc) is 2.90. The van der Waals surface area contributed by atoms with Crippen molar-refractivity contribution in [3.63, 3.8) is 0 Å². The fourth-order valence-corrected chi connectivity index (χ4v) is 4.18. The van der Waals surface area contributed by atoms with E-state index in [1.807, 2.05) is 6.92 Å². The third kappa shape index (κ3) is 3.75. The highest BCUT2D eigenvalue weighted by atomic mass is 35.5. The van der Waals surface area contributed by atoms with Crippen LogP contribution in [0.5, 0.6) is 0 Å². The Kier molecular flexibility index (Phi) is 4.91. The molecule has 1 unspecified atom stereocenters. The van der Waals surface area contributed by atoms with Gasteiger partial charge in [-0.15, -0.1) is 0 Å². The molecule has 1 atom stereocenters. The van der Waals surface area contributed by atoms with Crippen LogP contribution in [0.2, 0.25) is 5.02 Å². The number of halogens is 1. The van der Waals surface area contributed by atoms with Crippen LogP contribution in [0.25, 0.3) is 0 Å². The molecule has 21 heavy (non-hydrogen) atoms. The van der Waals surface area contributed by atoms with Gasteiger partial charge in [0.15, 0.2) is 0 Å². The predicted octanol–water partition coefficient (Wildman–Crippen LogP) is 1.94. The van der Waals surface area contributed by atoms with E-state index in [2.05, 4.69) is 4.72 Å². The largest absolute Gasteiger partial charge is 0.341 e. The number of carbonyl (C=O) groups is 1. The van der Waals surface area contributed by atoms with Crippen LogP contribution < -0.4 is 4.72 Å². The van der Waals surface area contributed by atoms with Crippen molar-refractivity contribution in [3.05, 3.63) is 28.8 Å². The lowest BCUT2D eigenvalue weighted by Gasteiger charge is -2.21. The summed E-state index contributed by atoms with van der Waals surface area (Å²) in [7, 11) is -3.81. The number of likely N-dealkylation sites (tertiary alicyclic amines) is 1. The van der Waals surface area contributed by atoms with Gasteiger partial charge in [-0.1, -0.05) is 17.7 Å². The van der Waals surface area contributed by atoms with E-state index in [-0.39, 0.29) is 15.8 Å². The maximum absolute atomic E-state index is 12.3. The minimum Gasteiger partial charge on any atom is -0.341 e. The number of amides is 1. The molecule has 1 aromatic rings. The van der Waals surface area contributed by atoms with Gasteiger partial charge in [0.25, 0.3) is 0 Å². The zero-order valence-corrected chi connectivity index (χ0v) is 13.7. The fraction of sp³-hybridized carbons (Fsp3) is 0.500. The molecule has 0 bridgehead atoms. The Morgan fingerprint density at radius 1 is 1.33 bits per heavy atom. The smallest absolute Gasteiger partial charge is 0.242 e. The quantitative estimate of drug-likeness (QED) is 0.917. The molecule has 7 heteroatoms. The first-order valence-corrected chi connectivity index (χ1v) is 8.74. The van der Waals surface area contributed by atoms with Crippen molar-refractivity contribution in [2.45, 2.75) is 37.6 Å². The number of rotatable bonds is 4. The van der Waals surface area contributed by atoms with E-state index in [1.165, 1.54) is 6.07 Å². The normalized spacial score (nSPS) is 17.0. The Morgan fingerprint density at radius 3 is 2.52 bits per heavy atom. The van der Waals surface area contributed by atoms with E-state index >= 15 is 0 Å². The number of sulfonamides is 1. The number of aryl methyl sites for hydroxylation is 1. The summed E-state index contributed by atoms with van der Waals surface area (Å²) in [5, 5.41) is 0.156. The van der Waals surface area contributed by atoms with E-state index in [0.717, 1.165) is 18.4 Å². The highest BCUT2D eigenvalue weighted by Gasteiger charge is 2.28. The molecule has 1 aromatic carbocycles. The minimum atomic E-state index is -3.81. The van der Waals surface area contributed by atoms with E-state index < -0.39 is 16.1 Å². The Labute approximate surface area is 130 Å². The molecule has 1 aliphatic rings. The molecule has 5 nitrogen and oxygen atoms in total. The maximum atomic E-state index is 12.3. The monoisotopic (exact) mass is 330 g/mol. The predicted molar refractivity (Wildman–Crippen MR) is 81.8 cm³/mol. The summed E-state index contributed by atoms with van der Waals surface area (Å²) in [6.07, 6.45) is 1.93. The highest BCUT2D eigenvalue weighted by molar-refractivity contribution is 7.89. The molecular weight excluding hydrogens is 312 g/mol. The van der Waals surface area contributed by atoms with Crippen LogP contribution in [-0.4, -0.2) is 38.4 Å². The fourth-order valence-electron chi connectivity index (χ4n) is 2.38. The van der Waals surface area contributed by atoms with Crippen molar-refractivity contribution in [2.24, 2.45) is 0 Å². The standard InChI is InChI=1S/C14H19ClN2O3S/c1-10-5-6-13(12(15)9-10)21(19,20)16-11(2)14(18)17-7-3-4-8-17/h5-6,9,11,16H,3-4,7-8H2,1-2H3. The molecule has 0 spiro atoms. The van der Waals surface area contributed by atoms with E-state index in [4.69, 9.17) is 11.6 Å². The van der Waals surface area contributed by atoms with Crippen LogP contribution in [0, 0.1) is 6.92 Å². The summed E-state index contributed by atoms with van der Waals surface area (Å²) >= 11 is 5.99. The van der Waals surface area contributed by atoms with Gasteiger partial charge in [-0.05, 0) is 44.4 Å². The van der Waals surface area contributed by atoms with Gasteiger partial charge in [-0.2, -0.15) is 4.72 Å². The third-order valence-electron chi connectivity index (χ3n) is 3.50. The van der Waals surface area contributed by atoms with Crippen LogP contribution in [0.4, 0.5) is 0 Å². The molecule has 1 N–H and O–H groups in total. The van der Waals surface area contributed by atoms with Crippen molar-refractivity contribution in [3.8, 4) is 0 Å². The lowest BCUT2D eigenvalue weighted by Crippen LogP contribution is -2.45. The van der Waals surface area contributed by atoms with Gasteiger partial charge in [0.1, 0.15) is 4.90 Å². The van der Waals surface area contributed by atoms with E-state index in [9.17, 15) is 13.2 Å². The first-order valence-electron chi connectivity index (χ1n) is 6.88. The van der Waals surface area contributed by atoms with Gasteiger partial charge in [-0.3, -0.25) is 4.79 Å². The molecule has 1 heterocycles. The van der Waals surface area contributed by atoms with Crippen molar-refractivity contribution in [1.82, 2.24) is 9.62 Å². The number of carbonyl (C=O) groups excluding carboxylic acids is 1. The summed E-state index contributed by atoms with van der Waals surface area (Å²) in [5.74, 6) is -0.195. The van der Waals surface area contributed by atoms with Crippen LogP contribution in [0.1, 0.15) is 25.3 Å². The molecule has 2 rings (SSSR count). The van der Waals surface area contributed by atoms with Gasteiger partial charge in [0.2, 0.25) is 15.9 Å². The van der Waals surface area contributed by atoms with Crippen LogP contribution in [0.3, 0.4) is 0 Å². The lowest BCUT2D eigenvalue weighted by atomic mass is 10.2. The van der Waals surface area contributed by atoms with Gasteiger partial charge >= 0.3 is 0 Å².